The van der Waals surface area contributed by atoms with E-state index in [0.717, 1.165) is 4.68 Å². The fraction of sp³-hybridized carbons (Fsp3) is 0.182. The van der Waals surface area contributed by atoms with Crippen molar-refractivity contribution in [2.24, 2.45) is 7.05 Å². The Morgan fingerprint density at radius 1 is 1.33 bits per heavy atom. The highest BCUT2D eigenvalue weighted by atomic mass is 35.5. The van der Waals surface area contributed by atoms with Gasteiger partial charge in [-0.1, -0.05) is 23.7 Å². The van der Waals surface area contributed by atoms with Crippen LogP contribution >= 0.6 is 11.6 Å². The molecule has 0 aliphatic rings. The van der Waals surface area contributed by atoms with Gasteiger partial charge in [-0.15, -0.1) is 0 Å². The van der Waals surface area contributed by atoms with E-state index in [4.69, 9.17) is 17.3 Å². The molecule has 1 aromatic carbocycles. The van der Waals surface area contributed by atoms with Gasteiger partial charge in [0.2, 0.25) is 0 Å². The molecule has 1 heterocycles. The molecule has 0 saturated carbocycles. The molecule has 0 aliphatic heterocycles. The van der Waals surface area contributed by atoms with Crippen molar-refractivity contribution < 1.29 is 13.2 Å². The van der Waals surface area contributed by atoms with Gasteiger partial charge in [-0.2, -0.15) is 18.3 Å². The number of aromatic nitrogens is 2. The van der Waals surface area contributed by atoms with Crippen LogP contribution in [0.2, 0.25) is 5.02 Å². The maximum atomic E-state index is 12.9. The van der Waals surface area contributed by atoms with E-state index < -0.39 is 11.9 Å². The monoisotopic (exact) mass is 275 g/mol. The van der Waals surface area contributed by atoms with Gasteiger partial charge in [-0.25, -0.2) is 0 Å². The number of hydrogen-bond donors (Lipinski definition) is 1. The topological polar surface area (TPSA) is 43.8 Å². The molecule has 0 atom stereocenters. The highest BCUT2D eigenvalue weighted by Gasteiger charge is 2.38. The number of hydrogen-bond acceptors (Lipinski definition) is 2. The first-order valence-corrected chi connectivity index (χ1v) is 5.34. The first-order valence-electron chi connectivity index (χ1n) is 4.96. The standard InChI is InChI=1S/C11H9ClF3N3/c1-18-10(16)8(9(17-18)11(13,14)15)6-3-2-4-7(12)5-6/h2-5H,16H2,1H3. The summed E-state index contributed by atoms with van der Waals surface area (Å²) in [7, 11) is 1.36. The molecule has 0 amide bonds. The van der Waals surface area contributed by atoms with E-state index in [1.165, 1.54) is 19.2 Å². The van der Waals surface area contributed by atoms with Gasteiger partial charge < -0.3 is 5.73 Å². The third kappa shape index (κ3) is 2.15. The van der Waals surface area contributed by atoms with E-state index >= 15 is 0 Å². The molecule has 0 unspecified atom stereocenters. The number of benzene rings is 1. The molecular weight excluding hydrogens is 267 g/mol. The fourth-order valence-electron chi connectivity index (χ4n) is 1.66. The Morgan fingerprint density at radius 2 is 2.00 bits per heavy atom. The molecule has 0 aliphatic carbocycles. The number of nitrogen functional groups attached to an aromatic ring is 1. The van der Waals surface area contributed by atoms with E-state index in [1.807, 2.05) is 0 Å². The van der Waals surface area contributed by atoms with Crippen molar-refractivity contribution in [1.29, 1.82) is 0 Å². The zero-order chi connectivity index (χ0) is 13.5. The van der Waals surface area contributed by atoms with Crippen LogP contribution in [0.3, 0.4) is 0 Å². The summed E-state index contributed by atoms with van der Waals surface area (Å²) < 4.78 is 39.6. The predicted molar refractivity (Wildman–Crippen MR) is 63.1 cm³/mol. The number of halogens is 4. The molecule has 96 valence electrons. The van der Waals surface area contributed by atoms with E-state index in [0.29, 0.717) is 10.6 Å². The molecule has 0 saturated heterocycles. The van der Waals surface area contributed by atoms with Gasteiger partial charge in [0, 0.05) is 12.1 Å². The van der Waals surface area contributed by atoms with Gasteiger partial charge in [0.15, 0.2) is 5.69 Å². The van der Waals surface area contributed by atoms with Gasteiger partial charge >= 0.3 is 6.18 Å². The number of rotatable bonds is 1. The number of anilines is 1. The second kappa shape index (κ2) is 4.20. The third-order valence-corrected chi connectivity index (χ3v) is 2.71. The summed E-state index contributed by atoms with van der Waals surface area (Å²) in [5.41, 5.74) is 4.78. The minimum Gasteiger partial charge on any atom is -0.383 e. The minimum atomic E-state index is -4.56. The molecule has 0 fully saturated rings. The molecule has 2 rings (SSSR count). The molecule has 2 aromatic rings. The summed E-state index contributed by atoms with van der Waals surface area (Å²) in [5, 5.41) is 3.75. The molecule has 0 bridgehead atoms. The lowest BCUT2D eigenvalue weighted by Crippen LogP contribution is -2.08. The van der Waals surface area contributed by atoms with Gasteiger partial charge in [0.1, 0.15) is 5.82 Å². The molecule has 1 aromatic heterocycles. The van der Waals surface area contributed by atoms with Crippen LogP contribution in [0.15, 0.2) is 24.3 Å². The number of aryl methyl sites for hydroxylation is 1. The van der Waals surface area contributed by atoms with Crippen molar-refractivity contribution in [3.05, 3.63) is 35.0 Å². The first-order chi connectivity index (χ1) is 8.30. The second-order valence-corrected chi connectivity index (χ2v) is 4.18. The van der Waals surface area contributed by atoms with Crippen LogP contribution < -0.4 is 5.73 Å². The quantitative estimate of drug-likeness (QED) is 0.867. The van der Waals surface area contributed by atoms with Crippen molar-refractivity contribution in [2.45, 2.75) is 6.18 Å². The van der Waals surface area contributed by atoms with E-state index in [1.54, 1.807) is 12.1 Å². The van der Waals surface area contributed by atoms with Crippen LogP contribution in [0.25, 0.3) is 11.1 Å². The van der Waals surface area contributed by atoms with Crippen LogP contribution in [0.1, 0.15) is 5.69 Å². The van der Waals surface area contributed by atoms with E-state index in [-0.39, 0.29) is 11.4 Å². The number of nitrogens with two attached hydrogens (primary N) is 1. The van der Waals surface area contributed by atoms with Crippen molar-refractivity contribution in [1.82, 2.24) is 9.78 Å². The molecular formula is C11H9ClF3N3. The summed E-state index contributed by atoms with van der Waals surface area (Å²) >= 11 is 5.77. The minimum absolute atomic E-state index is 0.0513. The zero-order valence-electron chi connectivity index (χ0n) is 9.29. The lowest BCUT2D eigenvalue weighted by atomic mass is 10.1. The van der Waals surface area contributed by atoms with Crippen LogP contribution in [-0.4, -0.2) is 9.78 Å². The summed E-state index contributed by atoms with van der Waals surface area (Å²) in [4.78, 5) is 0. The molecule has 0 radical (unpaired) electrons. The lowest BCUT2D eigenvalue weighted by Gasteiger charge is -2.07. The maximum absolute atomic E-state index is 12.9. The van der Waals surface area contributed by atoms with Crippen molar-refractivity contribution >= 4 is 17.4 Å². The van der Waals surface area contributed by atoms with Crippen LogP contribution in [0.5, 0.6) is 0 Å². The van der Waals surface area contributed by atoms with Gasteiger partial charge in [0.05, 0.1) is 5.56 Å². The van der Waals surface area contributed by atoms with Gasteiger partial charge in [-0.05, 0) is 17.7 Å². The van der Waals surface area contributed by atoms with Gasteiger partial charge in [-0.3, -0.25) is 4.68 Å². The first kappa shape index (κ1) is 12.8. The Kier molecular flexibility index (Phi) is 2.98. The van der Waals surface area contributed by atoms with Crippen LogP contribution in [-0.2, 0) is 13.2 Å². The maximum Gasteiger partial charge on any atom is 0.435 e. The third-order valence-electron chi connectivity index (χ3n) is 2.47. The molecule has 18 heavy (non-hydrogen) atoms. The average Bonchev–Trinajstić information content (AvgIpc) is 2.55. The van der Waals surface area contributed by atoms with Crippen molar-refractivity contribution in [3.8, 4) is 11.1 Å². The van der Waals surface area contributed by atoms with E-state index in [2.05, 4.69) is 5.10 Å². The summed E-state index contributed by atoms with van der Waals surface area (Å²) in [6.45, 7) is 0. The molecule has 0 spiro atoms. The summed E-state index contributed by atoms with van der Waals surface area (Å²) in [6.07, 6.45) is -4.56. The predicted octanol–water partition coefficient (Wildman–Crippen LogP) is 3.34. The number of alkyl halides is 3. The van der Waals surface area contributed by atoms with E-state index in [9.17, 15) is 13.2 Å². The molecule has 2 N–H and O–H groups in total. The fourth-order valence-corrected chi connectivity index (χ4v) is 1.85. The molecule has 3 nitrogen and oxygen atoms in total. The van der Waals surface area contributed by atoms with Crippen LogP contribution in [0, 0.1) is 0 Å². The second-order valence-electron chi connectivity index (χ2n) is 3.74. The average molecular weight is 276 g/mol. The zero-order valence-corrected chi connectivity index (χ0v) is 10.0. The van der Waals surface area contributed by atoms with Crippen molar-refractivity contribution in [3.63, 3.8) is 0 Å². The normalized spacial score (nSPS) is 11.8. The summed E-state index contributed by atoms with van der Waals surface area (Å²) in [5.74, 6) is -0.0513. The Labute approximate surface area is 106 Å². The van der Waals surface area contributed by atoms with Gasteiger partial charge in [0.25, 0.3) is 0 Å². The number of nitrogens with zero attached hydrogens (tertiary/aromatic N) is 2. The Morgan fingerprint density at radius 3 is 2.56 bits per heavy atom. The highest BCUT2D eigenvalue weighted by molar-refractivity contribution is 6.30. The molecule has 7 heteroatoms. The Balaban J connectivity index is 2.70. The Bertz CT molecular complexity index is 590. The lowest BCUT2D eigenvalue weighted by molar-refractivity contribution is -0.140. The Hall–Kier alpha value is -1.69. The SMILES string of the molecule is Cn1nc(C(F)(F)F)c(-c2cccc(Cl)c2)c1N. The summed E-state index contributed by atoms with van der Waals surface area (Å²) in [6, 6.07) is 6.06. The largest absolute Gasteiger partial charge is 0.435 e. The van der Waals surface area contributed by atoms with Crippen LogP contribution in [0.4, 0.5) is 19.0 Å². The highest BCUT2D eigenvalue weighted by Crippen LogP contribution is 2.39. The smallest absolute Gasteiger partial charge is 0.383 e. The van der Waals surface area contributed by atoms with Crippen molar-refractivity contribution in [2.75, 3.05) is 5.73 Å².